The van der Waals surface area contributed by atoms with Gasteiger partial charge in [0.1, 0.15) is 18.3 Å². The minimum absolute atomic E-state index is 0. The minimum Gasteiger partial charge on any atom is -0.485 e. The monoisotopic (exact) mass is 385 g/mol. The van der Waals surface area contributed by atoms with Gasteiger partial charge in [-0.15, -0.1) is 12.4 Å². The fourth-order valence-electron chi connectivity index (χ4n) is 2.52. The molecule has 3 rings (SSSR count). The van der Waals surface area contributed by atoms with E-state index < -0.39 is 0 Å². The van der Waals surface area contributed by atoms with Crippen molar-refractivity contribution in [3.63, 3.8) is 0 Å². The summed E-state index contributed by atoms with van der Waals surface area (Å²) in [5, 5.41) is 11.1. The molecule has 2 aromatic carbocycles. The van der Waals surface area contributed by atoms with Crippen LogP contribution in [0.1, 0.15) is 16.7 Å². The Bertz CT molecular complexity index is 900. The summed E-state index contributed by atoms with van der Waals surface area (Å²) in [7, 11) is 0. The van der Waals surface area contributed by atoms with Crippen LogP contribution in [0.25, 0.3) is 0 Å². The summed E-state index contributed by atoms with van der Waals surface area (Å²) < 4.78 is 18.9. The molecule has 0 fully saturated rings. The highest BCUT2D eigenvalue weighted by atomic mass is 35.5. The Morgan fingerprint density at radius 1 is 1.07 bits per heavy atom. The number of hydrogen-bond acceptors (Lipinski definition) is 3. The number of pyridine rings is 1. The molecule has 27 heavy (non-hydrogen) atoms. The van der Waals surface area contributed by atoms with Gasteiger partial charge in [-0.2, -0.15) is 0 Å². The van der Waals surface area contributed by atoms with Crippen molar-refractivity contribution in [1.29, 1.82) is 5.41 Å². The molecule has 0 spiro atoms. The number of anilines is 1. The highest BCUT2D eigenvalue weighted by Gasteiger charge is 2.08. The maximum atomic E-state index is 13.0. The van der Waals surface area contributed by atoms with Crippen molar-refractivity contribution >= 4 is 24.1 Å². The van der Waals surface area contributed by atoms with E-state index in [2.05, 4.69) is 10.3 Å². The molecule has 0 amide bonds. The number of amidine groups is 1. The molecular weight excluding hydrogens is 365 g/mol. The molecule has 1 heterocycles. The van der Waals surface area contributed by atoms with Gasteiger partial charge in [0.2, 0.25) is 0 Å². The van der Waals surface area contributed by atoms with E-state index in [9.17, 15) is 4.39 Å². The molecule has 1 aromatic heterocycles. The number of benzene rings is 2. The third kappa shape index (κ3) is 5.79. The fraction of sp³-hybridized carbons (Fsp3) is 0.143. The lowest BCUT2D eigenvalue weighted by atomic mass is 10.1. The number of rotatable bonds is 6. The molecule has 6 heteroatoms. The van der Waals surface area contributed by atoms with Crippen molar-refractivity contribution in [2.45, 2.75) is 20.0 Å². The zero-order chi connectivity index (χ0) is 18.4. The van der Waals surface area contributed by atoms with Gasteiger partial charge in [0, 0.05) is 12.6 Å². The third-order valence-corrected chi connectivity index (χ3v) is 3.98. The molecule has 0 radical (unpaired) electrons. The normalized spacial score (nSPS) is 10.0. The quantitative estimate of drug-likeness (QED) is 0.455. The second-order valence-electron chi connectivity index (χ2n) is 5.97. The van der Waals surface area contributed by atoms with Crippen LogP contribution in [0.4, 0.5) is 10.2 Å². The third-order valence-electron chi connectivity index (χ3n) is 3.98. The van der Waals surface area contributed by atoms with Crippen LogP contribution in [0.5, 0.6) is 5.75 Å². The van der Waals surface area contributed by atoms with Gasteiger partial charge in [0.25, 0.3) is 0 Å². The highest BCUT2D eigenvalue weighted by molar-refractivity contribution is 5.94. The Balaban J connectivity index is 0.00000261. The molecule has 140 valence electrons. The first-order valence-electron chi connectivity index (χ1n) is 8.33. The molecule has 0 atom stereocenters. The molecule has 2 N–H and O–H groups in total. The Hall–Kier alpha value is -2.92. The predicted octanol–water partition coefficient (Wildman–Crippen LogP) is 5.16. The summed E-state index contributed by atoms with van der Waals surface area (Å²) in [6.45, 7) is 2.47. The smallest absolute Gasteiger partial charge is 0.174 e. The summed E-state index contributed by atoms with van der Waals surface area (Å²) >= 11 is 0. The molecule has 0 aliphatic carbocycles. The topological polar surface area (TPSA) is 58.0 Å². The van der Waals surface area contributed by atoms with Crippen molar-refractivity contribution in [2.75, 3.05) is 5.32 Å². The Kier molecular flexibility index (Phi) is 7.32. The van der Waals surface area contributed by atoms with Gasteiger partial charge in [0.15, 0.2) is 11.6 Å². The Labute approximate surface area is 164 Å². The molecular formula is C21H21ClFN3O. The second-order valence-corrected chi connectivity index (χ2v) is 5.97. The molecule has 0 saturated heterocycles. The van der Waals surface area contributed by atoms with Crippen LogP contribution in [0.3, 0.4) is 0 Å². The van der Waals surface area contributed by atoms with E-state index in [4.69, 9.17) is 10.1 Å². The number of ether oxygens (including phenoxy) is 1. The maximum absolute atomic E-state index is 13.0. The van der Waals surface area contributed by atoms with Crippen molar-refractivity contribution in [3.8, 4) is 5.75 Å². The number of nitrogens with zero attached hydrogens (tertiary/aromatic N) is 1. The average Bonchev–Trinajstić information content (AvgIpc) is 2.64. The van der Waals surface area contributed by atoms with Gasteiger partial charge in [-0.3, -0.25) is 5.41 Å². The number of aryl methyl sites for hydroxylation is 1. The summed E-state index contributed by atoms with van der Waals surface area (Å²) in [6.07, 6.45) is 2.00. The van der Waals surface area contributed by atoms with E-state index in [0.29, 0.717) is 24.6 Å². The lowest BCUT2D eigenvalue weighted by molar-refractivity contribution is 0.306. The lowest BCUT2D eigenvalue weighted by Crippen LogP contribution is -2.15. The lowest BCUT2D eigenvalue weighted by Gasteiger charge is -2.13. The van der Waals surface area contributed by atoms with Crippen LogP contribution in [0, 0.1) is 18.2 Å². The molecule has 0 aliphatic heterocycles. The van der Waals surface area contributed by atoms with Crippen molar-refractivity contribution in [1.82, 2.24) is 4.98 Å². The number of halogens is 2. The first-order chi connectivity index (χ1) is 12.6. The molecule has 4 nitrogen and oxygen atoms in total. The summed E-state index contributed by atoms with van der Waals surface area (Å²) in [5.74, 6) is 1.05. The van der Waals surface area contributed by atoms with E-state index in [-0.39, 0.29) is 24.1 Å². The largest absolute Gasteiger partial charge is 0.485 e. The zero-order valence-electron chi connectivity index (χ0n) is 14.9. The summed E-state index contributed by atoms with van der Waals surface area (Å²) in [5.41, 5.74) is 3.11. The molecule has 0 saturated carbocycles. The summed E-state index contributed by atoms with van der Waals surface area (Å²) in [6, 6.07) is 17.8. The van der Waals surface area contributed by atoms with Gasteiger partial charge >= 0.3 is 0 Å². The van der Waals surface area contributed by atoms with Gasteiger partial charge in [-0.05, 0) is 47.9 Å². The molecule has 3 aromatic rings. The Morgan fingerprint density at radius 3 is 2.56 bits per heavy atom. The summed E-state index contributed by atoms with van der Waals surface area (Å²) in [4.78, 5) is 4.27. The molecule has 0 bridgehead atoms. The van der Waals surface area contributed by atoms with Crippen LogP contribution in [0.2, 0.25) is 0 Å². The highest BCUT2D eigenvalue weighted by Crippen LogP contribution is 2.23. The first kappa shape index (κ1) is 20.4. The second kappa shape index (κ2) is 9.69. The maximum Gasteiger partial charge on any atom is 0.174 e. The predicted molar refractivity (Wildman–Crippen MR) is 108 cm³/mol. The van der Waals surface area contributed by atoms with Crippen LogP contribution in [0.15, 0.2) is 66.9 Å². The van der Waals surface area contributed by atoms with Gasteiger partial charge < -0.3 is 10.1 Å². The van der Waals surface area contributed by atoms with E-state index in [1.54, 1.807) is 24.4 Å². The standard InChI is InChI=1S/C21H20FN3O.ClH/c1-15-5-2-3-6-17(15)14-26-19-7-4-12-24-21(19)25-20(23)13-16-8-10-18(22)11-9-16;/h2-12H,13-14H2,1H3,(H2,23,24,25);1H. The van der Waals surface area contributed by atoms with E-state index >= 15 is 0 Å². The van der Waals surface area contributed by atoms with Crippen LogP contribution in [-0.4, -0.2) is 10.8 Å². The zero-order valence-corrected chi connectivity index (χ0v) is 15.7. The van der Waals surface area contributed by atoms with Crippen LogP contribution < -0.4 is 10.1 Å². The van der Waals surface area contributed by atoms with Gasteiger partial charge in [-0.25, -0.2) is 9.37 Å². The van der Waals surface area contributed by atoms with E-state index in [1.807, 2.05) is 37.3 Å². The fourth-order valence-corrected chi connectivity index (χ4v) is 2.52. The van der Waals surface area contributed by atoms with E-state index in [1.165, 1.54) is 12.1 Å². The number of aromatic nitrogens is 1. The molecule has 0 aliphatic rings. The van der Waals surface area contributed by atoms with Crippen LogP contribution in [-0.2, 0) is 13.0 Å². The van der Waals surface area contributed by atoms with Gasteiger partial charge in [0.05, 0.1) is 0 Å². The number of nitrogens with one attached hydrogen (secondary N) is 2. The van der Waals surface area contributed by atoms with Crippen molar-refractivity contribution in [3.05, 3.63) is 89.4 Å². The van der Waals surface area contributed by atoms with Gasteiger partial charge in [-0.1, -0.05) is 36.4 Å². The first-order valence-corrected chi connectivity index (χ1v) is 8.33. The van der Waals surface area contributed by atoms with Crippen molar-refractivity contribution < 1.29 is 9.13 Å². The Morgan fingerprint density at radius 2 is 1.81 bits per heavy atom. The van der Waals surface area contributed by atoms with Crippen molar-refractivity contribution in [2.24, 2.45) is 0 Å². The molecule has 0 unspecified atom stereocenters. The number of hydrogen-bond donors (Lipinski definition) is 2. The van der Waals surface area contributed by atoms with Crippen LogP contribution >= 0.6 is 12.4 Å². The minimum atomic E-state index is -0.287. The van der Waals surface area contributed by atoms with E-state index in [0.717, 1.165) is 16.7 Å². The average molecular weight is 386 g/mol. The SMILES string of the molecule is Cc1ccccc1COc1cccnc1NC(=N)Cc1ccc(F)cc1.Cl.